The maximum absolute atomic E-state index is 13.3. The van der Waals surface area contributed by atoms with E-state index in [0.717, 1.165) is 42.7 Å². The topological polar surface area (TPSA) is 126 Å². The summed E-state index contributed by atoms with van der Waals surface area (Å²) in [4.78, 5) is 43.9. The first-order valence-electron chi connectivity index (χ1n) is 11.2. The number of nitrogens with one attached hydrogen (secondary N) is 1. The molecule has 10 nitrogen and oxygen atoms in total. The summed E-state index contributed by atoms with van der Waals surface area (Å²) in [5, 5.41) is 2.72. The third-order valence-electron chi connectivity index (χ3n) is 6.35. The lowest BCUT2D eigenvalue weighted by Gasteiger charge is -2.39. The Morgan fingerprint density at radius 1 is 1.21 bits per heavy atom. The fraction of sp³-hybridized carbons (Fsp3) is 0.636. The SMILES string of the molecule is COC(=O)C(CC1CCCCC1)NC(=O)C1CN(C(=O)c2cccnc2)CCN1S(C)(=O)=O. The van der Waals surface area contributed by atoms with Gasteiger partial charge in [0, 0.05) is 32.0 Å². The molecular formula is C22H32N4O6S. The van der Waals surface area contributed by atoms with Gasteiger partial charge in [-0.05, 0) is 24.5 Å². The zero-order valence-electron chi connectivity index (χ0n) is 19.1. The molecule has 1 aromatic heterocycles. The molecular weight excluding hydrogens is 448 g/mol. The second kappa shape index (κ2) is 11.1. The number of hydrogen-bond donors (Lipinski definition) is 1. The summed E-state index contributed by atoms with van der Waals surface area (Å²) in [5.74, 6) is -1.21. The first kappa shape index (κ1) is 25.1. The molecule has 3 rings (SSSR count). The van der Waals surface area contributed by atoms with Crippen LogP contribution < -0.4 is 5.32 Å². The summed E-state index contributed by atoms with van der Waals surface area (Å²) >= 11 is 0. The van der Waals surface area contributed by atoms with E-state index in [1.54, 1.807) is 18.3 Å². The number of sulfonamides is 1. The Hall–Kier alpha value is -2.53. The summed E-state index contributed by atoms with van der Waals surface area (Å²) in [6, 6.07) is 1.24. The summed E-state index contributed by atoms with van der Waals surface area (Å²) < 4.78 is 30.7. The molecule has 1 N–H and O–H groups in total. The molecule has 11 heteroatoms. The van der Waals surface area contributed by atoms with Crippen molar-refractivity contribution in [2.45, 2.75) is 50.6 Å². The van der Waals surface area contributed by atoms with Crippen molar-refractivity contribution in [1.82, 2.24) is 19.5 Å². The van der Waals surface area contributed by atoms with E-state index < -0.39 is 34.0 Å². The molecule has 0 radical (unpaired) electrons. The number of esters is 1. The molecule has 2 atom stereocenters. The van der Waals surface area contributed by atoms with Crippen LogP contribution in [0.15, 0.2) is 24.5 Å². The highest BCUT2D eigenvalue weighted by molar-refractivity contribution is 7.88. The van der Waals surface area contributed by atoms with E-state index in [0.29, 0.717) is 17.9 Å². The van der Waals surface area contributed by atoms with Crippen LogP contribution in [0.3, 0.4) is 0 Å². The highest BCUT2D eigenvalue weighted by Gasteiger charge is 2.40. The van der Waals surface area contributed by atoms with Crippen molar-refractivity contribution in [1.29, 1.82) is 0 Å². The van der Waals surface area contributed by atoms with Gasteiger partial charge in [0.05, 0.1) is 18.9 Å². The van der Waals surface area contributed by atoms with E-state index in [1.165, 1.54) is 18.2 Å². The number of carbonyl (C=O) groups is 3. The standard InChI is InChI=1S/C22H32N4O6S/c1-32-22(29)18(13-16-7-4-3-5-8-16)24-20(27)19-15-25(11-12-26(19)33(2,30)31)21(28)17-9-6-10-23-14-17/h6,9-10,14,16,18-19H,3-5,7-8,11-13,15H2,1-2H3,(H,24,27). The second-order valence-corrected chi connectivity index (χ2v) is 10.6. The van der Waals surface area contributed by atoms with Gasteiger partial charge in [-0.15, -0.1) is 0 Å². The van der Waals surface area contributed by atoms with Gasteiger partial charge < -0.3 is 15.0 Å². The molecule has 2 fully saturated rings. The van der Waals surface area contributed by atoms with E-state index in [4.69, 9.17) is 4.74 Å². The van der Waals surface area contributed by atoms with Gasteiger partial charge in [0.15, 0.2) is 0 Å². The minimum atomic E-state index is -3.72. The van der Waals surface area contributed by atoms with Crippen LogP contribution in [0.5, 0.6) is 0 Å². The molecule has 1 saturated carbocycles. The van der Waals surface area contributed by atoms with Crippen molar-refractivity contribution in [2.75, 3.05) is 33.0 Å². The Morgan fingerprint density at radius 2 is 1.94 bits per heavy atom. The van der Waals surface area contributed by atoms with E-state index in [1.807, 2.05) is 0 Å². The molecule has 182 valence electrons. The highest BCUT2D eigenvalue weighted by Crippen LogP contribution is 2.28. The van der Waals surface area contributed by atoms with Gasteiger partial charge in [-0.25, -0.2) is 13.2 Å². The average molecular weight is 481 g/mol. The van der Waals surface area contributed by atoms with Crippen molar-refractivity contribution in [3.8, 4) is 0 Å². The van der Waals surface area contributed by atoms with E-state index in [9.17, 15) is 22.8 Å². The zero-order chi connectivity index (χ0) is 24.0. The quantitative estimate of drug-likeness (QED) is 0.572. The molecule has 1 saturated heterocycles. The van der Waals surface area contributed by atoms with Gasteiger partial charge in [0.1, 0.15) is 12.1 Å². The van der Waals surface area contributed by atoms with Gasteiger partial charge >= 0.3 is 5.97 Å². The number of carbonyl (C=O) groups excluding carboxylic acids is 3. The number of rotatable bonds is 7. The molecule has 2 amide bonds. The van der Waals surface area contributed by atoms with Crippen LogP contribution in [-0.4, -0.2) is 85.5 Å². The van der Waals surface area contributed by atoms with Crippen molar-refractivity contribution in [2.24, 2.45) is 5.92 Å². The minimum Gasteiger partial charge on any atom is -0.467 e. The number of methoxy groups -OCH3 is 1. The molecule has 2 unspecified atom stereocenters. The predicted octanol–water partition coefficient (Wildman–Crippen LogP) is 0.796. The smallest absolute Gasteiger partial charge is 0.328 e. The van der Waals surface area contributed by atoms with Crippen LogP contribution in [0.4, 0.5) is 0 Å². The average Bonchev–Trinajstić information content (AvgIpc) is 2.82. The summed E-state index contributed by atoms with van der Waals surface area (Å²) in [7, 11) is -2.45. The van der Waals surface area contributed by atoms with Crippen LogP contribution >= 0.6 is 0 Å². The van der Waals surface area contributed by atoms with Gasteiger partial charge in [0.2, 0.25) is 15.9 Å². The number of hydrogen-bond acceptors (Lipinski definition) is 7. The normalized spacial score (nSPS) is 21.3. The first-order chi connectivity index (χ1) is 15.7. The monoisotopic (exact) mass is 480 g/mol. The number of ether oxygens (including phenoxy) is 1. The second-order valence-electron chi connectivity index (χ2n) is 8.71. The number of aromatic nitrogens is 1. The predicted molar refractivity (Wildman–Crippen MR) is 121 cm³/mol. The van der Waals surface area contributed by atoms with Crippen molar-refractivity contribution < 1.29 is 27.5 Å². The van der Waals surface area contributed by atoms with Crippen molar-refractivity contribution >= 4 is 27.8 Å². The Bertz CT molecular complexity index is 949. The molecule has 33 heavy (non-hydrogen) atoms. The lowest BCUT2D eigenvalue weighted by Crippen LogP contribution is -2.62. The Kier molecular flexibility index (Phi) is 8.41. The summed E-state index contributed by atoms with van der Waals surface area (Å²) in [6.07, 6.45) is 9.76. The Balaban J connectivity index is 1.77. The van der Waals surface area contributed by atoms with Gasteiger partial charge in [-0.1, -0.05) is 32.1 Å². The number of pyridine rings is 1. The maximum atomic E-state index is 13.3. The summed E-state index contributed by atoms with van der Waals surface area (Å²) in [6.45, 7) is 0.00543. The highest BCUT2D eigenvalue weighted by atomic mass is 32.2. The van der Waals surface area contributed by atoms with Crippen molar-refractivity contribution in [3.05, 3.63) is 30.1 Å². The molecule has 1 aromatic rings. The number of piperazine rings is 1. The van der Waals surface area contributed by atoms with Gasteiger partial charge in [0.25, 0.3) is 5.91 Å². The molecule has 2 aliphatic rings. The maximum Gasteiger partial charge on any atom is 0.328 e. The zero-order valence-corrected chi connectivity index (χ0v) is 19.9. The van der Waals surface area contributed by atoms with Crippen LogP contribution in [0, 0.1) is 5.92 Å². The molecule has 0 spiro atoms. The molecule has 1 aliphatic heterocycles. The molecule has 2 heterocycles. The minimum absolute atomic E-state index is 0.0194. The van der Waals surface area contributed by atoms with Crippen LogP contribution in [0.2, 0.25) is 0 Å². The lowest BCUT2D eigenvalue weighted by molar-refractivity contribution is -0.146. The number of nitrogens with zero attached hydrogens (tertiary/aromatic N) is 3. The summed E-state index contributed by atoms with van der Waals surface area (Å²) in [5.41, 5.74) is 0.356. The Labute approximate surface area is 194 Å². The molecule has 0 aromatic carbocycles. The fourth-order valence-corrected chi connectivity index (χ4v) is 5.65. The first-order valence-corrected chi connectivity index (χ1v) is 13.1. The van der Waals surface area contributed by atoms with Crippen LogP contribution in [-0.2, 0) is 24.3 Å². The Morgan fingerprint density at radius 3 is 2.55 bits per heavy atom. The van der Waals surface area contributed by atoms with Crippen LogP contribution in [0.25, 0.3) is 0 Å². The largest absolute Gasteiger partial charge is 0.467 e. The lowest BCUT2D eigenvalue weighted by atomic mass is 9.84. The third-order valence-corrected chi connectivity index (χ3v) is 7.64. The van der Waals surface area contributed by atoms with E-state index in [2.05, 4.69) is 10.3 Å². The van der Waals surface area contributed by atoms with E-state index >= 15 is 0 Å². The van der Waals surface area contributed by atoms with E-state index in [-0.39, 0.29) is 25.5 Å². The van der Waals surface area contributed by atoms with Crippen LogP contribution in [0.1, 0.15) is 48.9 Å². The van der Waals surface area contributed by atoms with Gasteiger partial charge in [-0.2, -0.15) is 4.31 Å². The third kappa shape index (κ3) is 6.50. The van der Waals surface area contributed by atoms with Gasteiger partial charge in [-0.3, -0.25) is 14.6 Å². The number of amides is 2. The molecule has 1 aliphatic carbocycles. The molecule has 0 bridgehead atoms. The fourth-order valence-electron chi connectivity index (χ4n) is 4.61. The van der Waals surface area contributed by atoms with Crippen molar-refractivity contribution in [3.63, 3.8) is 0 Å².